The second-order valence-electron chi connectivity index (χ2n) is 4.71. The molecule has 0 saturated carbocycles. The van der Waals surface area contributed by atoms with Crippen molar-refractivity contribution < 1.29 is 13.9 Å². The molecule has 0 radical (unpaired) electrons. The van der Waals surface area contributed by atoms with Crippen LogP contribution in [0.5, 0.6) is 0 Å². The maximum Gasteiger partial charge on any atom is 0.337 e. The van der Waals surface area contributed by atoms with Crippen molar-refractivity contribution in [1.82, 2.24) is 4.98 Å². The number of benzene rings is 2. The Morgan fingerprint density at radius 3 is 2.68 bits per heavy atom. The third-order valence-corrected chi connectivity index (χ3v) is 3.70. The zero-order chi connectivity index (χ0) is 15.7. The van der Waals surface area contributed by atoms with E-state index in [1.807, 2.05) is 0 Å². The van der Waals surface area contributed by atoms with Crippen LogP contribution in [0.4, 0.5) is 4.39 Å². The Morgan fingerprint density at radius 2 is 1.95 bits per heavy atom. The monoisotopic (exact) mass is 315 g/mol. The van der Waals surface area contributed by atoms with E-state index >= 15 is 0 Å². The van der Waals surface area contributed by atoms with Gasteiger partial charge in [-0.2, -0.15) is 0 Å². The number of ether oxygens (including phenoxy) is 1. The molecule has 3 aromatic rings. The maximum atomic E-state index is 13.2. The Labute approximate surface area is 131 Å². The fourth-order valence-corrected chi connectivity index (χ4v) is 2.60. The number of methoxy groups -OCH3 is 1. The summed E-state index contributed by atoms with van der Waals surface area (Å²) in [6.45, 7) is 0. The summed E-state index contributed by atoms with van der Waals surface area (Å²) in [5.41, 5.74) is 2.59. The summed E-state index contributed by atoms with van der Waals surface area (Å²) < 4.78 is 18.0. The smallest absolute Gasteiger partial charge is 0.337 e. The third kappa shape index (κ3) is 2.53. The zero-order valence-corrected chi connectivity index (χ0v) is 12.4. The Morgan fingerprint density at radius 1 is 1.14 bits per heavy atom. The number of halogens is 2. The number of nitrogens with zero attached hydrogens (tertiary/aromatic N) is 1. The van der Waals surface area contributed by atoms with E-state index in [1.54, 1.807) is 36.5 Å². The molecule has 0 atom stereocenters. The number of carbonyl (C=O) groups excluding carboxylic acids is 1. The molecule has 110 valence electrons. The average Bonchev–Trinajstić information content (AvgIpc) is 2.53. The molecule has 0 fully saturated rings. The summed E-state index contributed by atoms with van der Waals surface area (Å²) in [6, 6.07) is 11.1. The van der Waals surface area contributed by atoms with E-state index in [0.717, 1.165) is 10.9 Å². The number of aromatic nitrogens is 1. The molecule has 5 heteroatoms. The summed E-state index contributed by atoms with van der Waals surface area (Å²) in [5, 5.41) is 1.05. The number of hydrogen-bond donors (Lipinski definition) is 0. The van der Waals surface area contributed by atoms with Crippen LogP contribution in [0.1, 0.15) is 10.4 Å². The fourth-order valence-electron chi connectivity index (χ4n) is 2.33. The van der Waals surface area contributed by atoms with E-state index < -0.39 is 11.8 Å². The first-order valence-corrected chi connectivity index (χ1v) is 6.90. The standard InChI is InChI=1S/C17H11ClFNO2/c1-22-17(21)10-2-5-16-14(8-10)12(6-7-20-16)13-4-3-11(19)9-15(13)18/h2-9H,1H3. The lowest BCUT2D eigenvalue weighted by Gasteiger charge is -2.09. The van der Waals surface area contributed by atoms with Crippen molar-refractivity contribution in [2.24, 2.45) is 0 Å². The highest BCUT2D eigenvalue weighted by atomic mass is 35.5. The van der Waals surface area contributed by atoms with Gasteiger partial charge < -0.3 is 4.74 Å². The van der Waals surface area contributed by atoms with Crippen LogP contribution in [-0.4, -0.2) is 18.1 Å². The minimum Gasteiger partial charge on any atom is -0.465 e. The van der Waals surface area contributed by atoms with Gasteiger partial charge in [-0.15, -0.1) is 0 Å². The number of esters is 1. The number of hydrogen-bond acceptors (Lipinski definition) is 3. The van der Waals surface area contributed by atoms with Gasteiger partial charge in [0.1, 0.15) is 5.82 Å². The van der Waals surface area contributed by atoms with E-state index in [9.17, 15) is 9.18 Å². The van der Waals surface area contributed by atoms with Gasteiger partial charge in [0.2, 0.25) is 0 Å². The van der Waals surface area contributed by atoms with Crippen LogP contribution >= 0.6 is 11.6 Å². The van der Waals surface area contributed by atoms with Crippen molar-refractivity contribution >= 4 is 28.5 Å². The lowest BCUT2D eigenvalue weighted by atomic mass is 9.99. The van der Waals surface area contributed by atoms with Crippen LogP contribution in [0.2, 0.25) is 5.02 Å². The molecular weight excluding hydrogens is 305 g/mol. The first kappa shape index (κ1) is 14.5. The number of rotatable bonds is 2. The molecular formula is C17H11ClFNO2. The van der Waals surface area contributed by atoms with Crippen LogP contribution in [0.25, 0.3) is 22.0 Å². The molecule has 0 unspecified atom stereocenters. The van der Waals surface area contributed by atoms with Gasteiger partial charge in [0, 0.05) is 17.1 Å². The predicted molar refractivity (Wildman–Crippen MR) is 83.5 cm³/mol. The highest BCUT2D eigenvalue weighted by Crippen LogP contribution is 2.33. The Hall–Kier alpha value is -2.46. The lowest BCUT2D eigenvalue weighted by Crippen LogP contribution is -2.01. The van der Waals surface area contributed by atoms with E-state index in [-0.39, 0.29) is 0 Å². The molecule has 2 aromatic carbocycles. The summed E-state index contributed by atoms with van der Waals surface area (Å²) in [7, 11) is 1.33. The Bertz CT molecular complexity index is 880. The normalized spacial score (nSPS) is 10.7. The van der Waals surface area contributed by atoms with Gasteiger partial charge in [-0.3, -0.25) is 4.98 Å². The first-order valence-electron chi connectivity index (χ1n) is 6.52. The van der Waals surface area contributed by atoms with Crippen LogP contribution in [0.3, 0.4) is 0 Å². The molecule has 0 bridgehead atoms. The quantitative estimate of drug-likeness (QED) is 0.654. The van der Waals surface area contributed by atoms with Gasteiger partial charge in [-0.25, -0.2) is 9.18 Å². The maximum absolute atomic E-state index is 13.2. The minimum absolute atomic E-state index is 0.302. The molecule has 0 spiro atoms. The van der Waals surface area contributed by atoms with Crippen molar-refractivity contribution in [2.45, 2.75) is 0 Å². The lowest BCUT2D eigenvalue weighted by molar-refractivity contribution is 0.0601. The molecule has 0 aliphatic heterocycles. The van der Waals surface area contributed by atoms with Crippen LogP contribution in [-0.2, 0) is 4.74 Å². The summed E-state index contributed by atoms with van der Waals surface area (Å²) >= 11 is 6.14. The predicted octanol–water partition coefficient (Wildman–Crippen LogP) is 4.48. The molecule has 0 amide bonds. The summed E-state index contributed by atoms with van der Waals surface area (Å²) in [6.07, 6.45) is 1.65. The highest BCUT2D eigenvalue weighted by Gasteiger charge is 2.12. The Kier molecular flexibility index (Phi) is 3.77. The molecule has 0 aliphatic carbocycles. The number of carbonyl (C=O) groups is 1. The van der Waals surface area contributed by atoms with Gasteiger partial charge in [0.15, 0.2) is 0 Å². The van der Waals surface area contributed by atoms with Crippen LogP contribution in [0, 0.1) is 5.82 Å². The molecule has 3 rings (SSSR count). The largest absolute Gasteiger partial charge is 0.465 e. The molecule has 0 saturated heterocycles. The first-order chi connectivity index (χ1) is 10.6. The van der Waals surface area contributed by atoms with E-state index in [0.29, 0.717) is 21.7 Å². The van der Waals surface area contributed by atoms with E-state index in [4.69, 9.17) is 16.3 Å². The molecule has 1 heterocycles. The second kappa shape index (κ2) is 5.73. The fraction of sp³-hybridized carbons (Fsp3) is 0.0588. The third-order valence-electron chi connectivity index (χ3n) is 3.38. The van der Waals surface area contributed by atoms with Gasteiger partial charge >= 0.3 is 5.97 Å². The van der Waals surface area contributed by atoms with Gasteiger partial charge in [-0.05, 0) is 48.0 Å². The zero-order valence-electron chi connectivity index (χ0n) is 11.6. The molecule has 3 nitrogen and oxygen atoms in total. The average molecular weight is 316 g/mol. The topological polar surface area (TPSA) is 39.2 Å². The Balaban J connectivity index is 2.26. The molecule has 0 aliphatic rings. The molecule has 0 N–H and O–H groups in total. The van der Waals surface area contributed by atoms with Crippen LogP contribution in [0.15, 0.2) is 48.7 Å². The van der Waals surface area contributed by atoms with E-state index in [1.165, 1.54) is 19.2 Å². The van der Waals surface area contributed by atoms with Crippen molar-refractivity contribution in [1.29, 1.82) is 0 Å². The van der Waals surface area contributed by atoms with Gasteiger partial charge in [0.05, 0.1) is 23.2 Å². The minimum atomic E-state index is -0.429. The SMILES string of the molecule is COC(=O)c1ccc2nccc(-c3ccc(F)cc3Cl)c2c1. The molecule has 1 aromatic heterocycles. The van der Waals surface area contributed by atoms with Crippen molar-refractivity contribution in [3.8, 4) is 11.1 Å². The van der Waals surface area contributed by atoms with Crippen molar-refractivity contribution in [2.75, 3.05) is 7.11 Å². The second-order valence-corrected chi connectivity index (χ2v) is 5.11. The van der Waals surface area contributed by atoms with E-state index in [2.05, 4.69) is 4.98 Å². The van der Waals surface area contributed by atoms with Gasteiger partial charge in [-0.1, -0.05) is 11.6 Å². The number of fused-ring (bicyclic) bond motifs is 1. The summed E-state index contributed by atoms with van der Waals surface area (Å²) in [4.78, 5) is 16.0. The van der Waals surface area contributed by atoms with Gasteiger partial charge in [0.25, 0.3) is 0 Å². The van der Waals surface area contributed by atoms with Crippen molar-refractivity contribution in [3.63, 3.8) is 0 Å². The molecule has 22 heavy (non-hydrogen) atoms. The highest BCUT2D eigenvalue weighted by molar-refractivity contribution is 6.33. The number of pyridine rings is 1. The van der Waals surface area contributed by atoms with Crippen molar-refractivity contribution in [3.05, 3.63) is 65.1 Å². The summed E-state index contributed by atoms with van der Waals surface area (Å²) in [5.74, 6) is -0.829. The van der Waals surface area contributed by atoms with Crippen LogP contribution < -0.4 is 0 Å².